The molecule has 2 rings (SSSR count). The Morgan fingerprint density at radius 2 is 2.36 bits per heavy atom. The molecular weight excluding hydrogens is 136 g/mol. The lowest BCUT2D eigenvalue weighted by Crippen LogP contribution is -2.02. The highest BCUT2D eigenvalue weighted by molar-refractivity contribution is 5.50. The predicted octanol–water partition coefficient (Wildman–Crippen LogP) is 1.87. The van der Waals surface area contributed by atoms with Gasteiger partial charge in [0.15, 0.2) is 0 Å². The summed E-state index contributed by atoms with van der Waals surface area (Å²) in [6, 6.07) is 4.16. The van der Waals surface area contributed by atoms with Crippen molar-refractivity contribution in [3.63, 3.8) is 0 Å². The van der Waals surface area contributed by atoms with E-state index in [1.54, 1.807) is 0 Å². The molecule has 1 aliphatic heterocycles. The van der Waals surface area contributed by atoms with Crippen molar-refractivity contribution in [2.75, 3.05) is 5.32 Å². The van der Waals surface area contributed by atoms with Gasteiger partial charge < -0.3 is 5.32 Å². The summed E-state index contributed by atoms with van der Waals surface area (Å²) in [6.45, 7) is 2.00. The van der Waals surface area contributed by atoms with E-state index in [1.165, 1.54) is 5.56 Å². The molecule has 2 nitrogen and oxygen atoms in total. The van der Waals surface area contributed by atoms with Crippen LogP contribution in [0.1, 0.15) is 11.3 Å². The number of fused-ring (bicyclic) bond motifs is 1. The molecule has 11 heavy (non-hydrogen) atoms. The van der Waals surface area contributed by atoms with Crippen LogP contribution >= 0.6 is 0 Å². The molecule has 1 aromatic rings. The Kier molecular flexibility index (Phi) is 1.39. The first-order chi connectivity index (χ1) is 5.36. The molecule has 0 bridgehead atoms. The molecule has 0 fully saturated rings. The summed E-state index contributed by atoms with van der Waals surface area (Å²) < 4.78 is 0. The van der Waals surface area contributed by atoms with E-state index in [1.807, 2.05) is 19.2 Å². The molecule has 0 unspecified atom stereocenters. The number of nitrogens with zero attached hydrogens (tertiary/aromatic N) is 1. The van der Waals surface area contributed by atoms with Crippen LogP contribution in [0.15, 0.2) is 24.4 Å². The van der Waals surface area contributed by atoms with E-state index >= 15 is 0 Å². The molecule has 56 valence electrons. The van der Waals surface area contributed by atoms with E-state index < -0.39 is 0 Å². The van der Waals surface area contributed by atoms with E-state index in [4.69, 9.17) is 0 Å². The summed E-state index contributed by atoms with van der Waals surface area (Å²) in [5.41, 5.74) is 2.34. The molecule has 1 aliphatic rings. The second-order valence-corrected chi connectivity index (χ2v) is 2.71. The second-order valence-electron chi connectivity index (χ2n) is 2.71. The third-order valence-corrected chi connectivity index (χ3v) is 1.79. The highest BCUT2D eigenvalue weighted by Crippen LogP contribution is 2.17. The van der Waals surface area contributed by atoms with Crippen molar-refractivity contribution >= 4 is 5.82 Å². The van der Waals surface area contributed by atoms with Gasteiger partial charge in [0, 0.05) is 5.69 Å². The SMILES string of the molecule is Cc1ccc2c(n1)NC=CC2. The lowest BCUT2D eigenvalue weighted by Gasteiger charge is -2.11. The average molecular weight is 146 g/mol. The van der Waals surface area contributed by atoms with Gasteiger partial charge in [0.2, 0.25) is 0 Å². The normalized spacial score (nSPS) is 13.9. The van der Waals surface area contributed by atoms with Crippen molar-refractivity contribution in [1.29, 1.82) is 0 Å². The summed E-state index contributed by atoms with van der Waals surface area (Å²) in [7, 11) is 0. The van der Waals surface area contributed by atoms with E-state index in [0.717, 1.165) is 17.9 Å². The molecule has 0 aliphatic carbocycles. The number of hydrogen-bond donors (Lipinski definition) is 1. The minimum absolute atomic E-state index is 0.996. The Morgan fingerprint density at radius 3 is 3.27 bits per heavy atom. The maximum Gasteiger partial charge on any atom is 0.133 e. The molecule has 0 saturated heterocycles. The third-order valence-electron chi connectivity index (χ3n) is 1.79. The van der Waals surface area contributed by atoms with E-state index in [0.29, 0.717) is 0 Å². The Morgan fingerprint density at radius 1 is 1.45 bits per heavy atom. The monoisotopic (exact) mass is 146 g/mol. The molecule has 0 atom stereocenters. The highest BCUT2D eigenvalue weighted by Gasteiger charge is 2.03. The quantitative estimate of drug-likeness (QED) is 0.604. The molecule has 0 radical (unpaired) electrons. The van der Waals surface area contributed by atoms with Crippen LogP contribution in [0.3, 0.4) is 0 Å². The fourth-order valence-corrected chi connectivity index (χ4v) is 1.20. The summed E-state index contributed by atoms with van der Waals surface area (Å²) in [5, 5.41) is 3.11. The molecular formula is C9H10N2. The highest BCUT2D eigenvalue weighted by atomic mass is 15.0. The summed E-state index contributed by atoms with van der Waals surface area (Å²) in [4.78, 5) is 4.35. The topological polar surface area (TPSA) is 24.9 Å². The maximum absolute atomic E-state index is 4.35. The summed E-state index contributed by atoms with van der Waals surface area (Å²) >= 11 is 0. The van der Waals surface area contributed by atoms with Crippen LogP contribution in [0.4, 0.5) is 5.82 Å². The number of aromatic nitrogens is 1. The number of anilines is 1. The Hall–Kier alpha value is -1.31. The molecule has 1 aromatic heterocycles. The van der Waals surface area contributed by atoms with Crippen LogP contribution in [-0.2, 0) is 6.42 Å². The van der Waals surface area contributed by atoms with Gasteiger partial charge in [-0.1, -0.05) is 12.1 Å². The number of aryl methyl sites for hydroxylation is 1. The number of hydrogen-bond acceptors (Lipinski definition) is 2. The van der Waals surface area contributed by atoms with Gasteiger partial charge in [0.05, 0.1) is 0 Å². The summed E-state index contributed by atoms with van der Waals surface area (Å²) in [6.07, 6.45) is 5.03. The smallest absolute Gasteiger partial charge is 0.133 e. The minimum Gasteiger partial charge on any atom is -0.347 e. The van der Waals surface area contributed by atoms with Gasteiger partial charge in [-0.25, -0.2) is 4.98 Å². The fourth-order valence-electron chi connectivity index (χ4n) is 1.20. The van der Waals surface area contributed by atoms with Crippen LogP contribution in [-0.4, -0.2) is 4.98 Å². The minimum atomic E-state index is 0.996. The van der Waals surface area contributed by atoms with Crippen LogP contribution in [0.2, 0.25) is 0 Å². The zero-order chi connectivity index (χ0) is 7.68. The van der Waals surface area contributed by atoms with E-state index in [2.05, 4.69) is 22.4 Å². The van der Waals surface area contributed by atoms with Gasteiger partial charge in [-0.3, -0.25) is 0 Å². The first-order valence-electron chi connectivity index (χ1n) is 3.74. The number of nitrogens with one attached hydrogen (secondary N) is 1. The average Bonchev–Trinajstić information content (AvgIpc) is 2.04. The zero-order valence-electron chi connectivity index (χ0n) is 6.46. The second kappa shape index (κ2) is 2.38. The van der Waals surface area contributed by atoms with Crippen molar-refractivity contribution in [3.8, 4) is 0 Å². The van der Waals surface area contributed by atoms with Crippen LogP contribution < -0.4 is 5.32 Å². The van der Waals surface area contributed by atoms with Crippen LogP contribution in [0.25, 0.3) is 0 Å². The standard InChI is InChI=1S/C9H10N2/c1-7-4-5-8-3-2-6-10-9(8)11-7/h2,4-6H,3H2,1H3,(H,10,11). The van der Waals surface area contributed by atoms with Crippen LogP contribution in [0, 0.1) is 6.92 Å². The first-order valence-corrected chi connectivity index (χ1v) is 3.74. The summed E-state index contributed by atoms with van der Waals surface area (Å²) in [5.74, 6) is 1.01. The van der Waals surface area contributed by atoms with Gasteiger partial charge in [-0.15, -0.1) is 0 Å². The maximum atomic E-state index is 4.35. The predicted molar refractivity (Wildman–Crippen MR) is 45.4 cm³/mol. The lowest BCUT2D eigenvalue weighted by molar-refractivity contribution is 1.11. The van der Waals surface area contributed by atoms with Crippen molar-refractivity contribution in [1.82, 2.24) is 4.98 Å². The lowest BCUT2D eigenvalue weighted by atomic mass is 10.1. The van der Waals surface area contributed by atoms with Gasteiger partial charge in [0.1, 0.15) is 5.82 Å². The van der Waals surface area contributed by atoms with Crippen molar-refractivity contribution in [3.05, 3.63) is 35.7 Å². The third kappa shape index (κ3) is 1.11. The molecule has 1 N–H and O–H groups in total. The number of allylic oxidation sites excluding steroid dienone is 1. The molecule has 0 saturated carbocycles. The molecule has 0 amide bonds. The fraction of sp³-hybridized carbons (Fsp3) is 0.222. The number of pyridine rings is 1. The molecule has 2 heteroatoms. The zero-order valence-corrected chi connectivity index (χ0v) is 6.46. The Labute approximate surface area is 66.0 Å². The van der Waals surface area contributed by atoms with Gasteiger partial charge >= 0.3 is 0 Å². The van der Waals surface area contributed by atoms with Crippen molar-refractivity contribution in [2.24, 2.45) is 0 Å². The van der Waals surface area contributed by atoms with E-state index in [-0.39, 0.29) is 0 Å². The van der Waals surface area contributed by atoms with E-state index in [9.17, 15) is 0 Å². The molecule has 2 heterocycles. The largest absolute Gasteiger partial charge is 0.347 e. The Bertz CT molecular complexity index is 302. The van der Waals surface area contributed by atoms with Crippen LogP contribution in [0.5, 0.6) is 0 Å². The van der Waals surface area contributed by atoms with Crippen molar-refractivity contribution in [2.45, 2.75) is 13.3 Å². The Balaban J connectivity index is 2.48. The molecule has 0 aromatic carbocycles. The van der Waals surface area contributed by atoms with Gasteiger partial charge in [-0.05, 0) is 31.2 Å². The number of rotatable bonds is 0. The molecule has 0 spiro atoms. The van der Waals surface area contributed by atoms with Gasteiger partial charge in [-0.2, -0.15) is 0 Å². The first kappa shape index (κ1) is 6.40. The van der Waals surface area contributed by atoms with Crippen molar-refractivity contribution < 1.29 is 0 Å². The van der Waals surface area contributed by atoms with Gasteiger partial charge in [0.25, 0.3) is 0 Å².